The highest BCUT2D eigenvalue weighted by Crippen LogP contribution is 2.27. The van der Waals surface area contributed by atoms with E-state index in [0.717, 1.165) is 6.54 Å². The third-order valence-electron chi connectivity index (χ3n) is 3.22. The van der Waals surface area contributed by atoms with Gasteiger partial charge in [-0.2, -0.15) is 0 Å². The van der Waals surface area contributed by atoms with Crippen molar-refractivity contribution in [2.24, 2.45) is 0 Å². The van der Waals surface area contributed by atoms with Crippen LogP contribution in [0, 0.1) is 6.92 Å². The first-order valence-corrected chi connectivity index (χ1v) is 7.27. The van der Waals surface area contributed by atoms with Gasteiger partial charge in [0.1, 0.15) is 5.82 Å². The summed E-state index contributed by atoms with van der Waals surface area (Å²) in [5.74, 6) is -0.238. The lowest BCUT2D eigenvalue weighted by molar-refractivity contribution is 0.0695. The highest BCUT2D eigenvalue weighted by atomic mass is 32.1. The quantitative estimate of drug-likeness (QED) is 0.884. The third-order valence-corrected chi connectivity index (χ3v) is 4.45. The average Bonchev–Trinajstić information content (AvgIpc) is 2.90. The zero-order valence-electron chi connectivity index (χ0n) is 11.8. The molecule has 4 nitrogen and oxygen atoms in total. The van der Waals surface area contributed by atoms with E-state index in [1.807, 2.05) is 6.07 Å². The normalized spacial score (nSPS) is 11.3. The minimum atomic E-state index is -0.944. The van der Waals surface area contributed by atoms with Gasteiger partial charge in [-0.3, -0.25) is 0 Å². The van der Waals surface area contributed by atoms with E-state index in [-0.39, 0.29) is 11.0 Å². The predicted molar refractivity (Wildman–Crippen MR) is 81.8 cm³/mol. The van der Waals surface area contributed by atoms with Gasteiger partial charge in [-0.15, -0.1) is 11.3 Å². The number of carboxylic acids is 1. The Morgan fingerprint density at radius 2 is 2.15 bits per heavy atom. The zero-order valence-corrected chi connectivity index (χ0v) is 12.6. The Kier molecular flexibility index (Phi) is 4.09. The molecule has 2 heterocycles. The summed E-state index contributed by atoms with van der Waals surface area (Å²) >= 11 is 1.74. The minimum Gasteiger partial charge on any atom is -0.478 e. The SMILES string of the molecule is Cc1nc(NCC(C)(C)c2cccs2)ccc1C(=O)O. The van der Waals surface area contributed by atoms with Crippen molar-refractivity contribution in [3.05, 3.63) is 45.8 Å². The fourth-order valence-corrected chi connectivity index (χ4v) is 2.80. The number of thiophene rings is 1. The Balaban J connectivity index is 2.08. The van der Waals surface area contributed by atoms with Crippen molar-refractivity contribution >= 4 is 23.1 Å². The molecule has 0 bridgehead atoms. The Bertz CT molecular complexity index is 606. The molecule has 0 saturated carbocycles. The van der Waals surface area contributed by atoms with Crippen LogP contribution in [0.4, 0.5) is 5.82 Å². The Morgan fingerprint density at radius 1 is 1.40 bits per heavy atom. The molecular formula is C15H18N2O2S. The van der Waals surface area contributed by atoms with Crippen molar-refractivity contribution < 1.29 is 9.90 Å². The van der Waals surface area contributed by atoms with Gasteiger partial charge in [-0.1, -0.05) is 19.9 Å². The average molecular weight is 290 g/mol. The fourth-order valence-electron chi connectivity index (χ4n) is 1.95. The first kappa shape index (κ1) is 14.5. The summed E-state index contributed by atoms with van der Waals surface area (Å²) in [5, 5.41) is 14.3. The van der Waals surface area contributed by atoms with Crippen LogP contribution in [0.25, 0.3) is 0 Å². The molecule has 0 fully saturated rings. The molecule has 2 rings (SSSR count). The monoisotopic (exact) mass is 290 g/mol. The van der Waals surface area contributed by atoms with Crippen molar-refractivity contribution in [2.75, 3.05) is 11.9 Å². The lowest BCUT2D eigenvalue weighted by atomic mass is 9.91. The highest BCUT2D eigenvalue weighted by Gasteiger charge is 2.21. The summed E-state index contributed by atoms with van der Waals surface area (Å²) in [6, 6.07) is 7.47. The highest BCUT2D eigenvalue weighted by molar-refractivity contribution is 7.10. The van der Waals surface area contributed by atoms with E-state index in [2.05, 4.69) is 35.6 Å². The van der Waals surface area contributed by atoms with E-state index in [9.17, 15) is 4.79 Å². The van der Waals surface area contributed by atoms with Crippen LogP contribution in [0.15, 0.2) is 29.6 Å². The van der Waals surface area contributed by atoms with Crippen LogP contribution in [0.5, 0.6) is 0 Å². The number of pyridine rings is 1. The molecule has 0 spiro atoms. The van der Waals surface area contributed by atoms with Crippen LogP contribution in [0.3, 0.4) is 0 Å². The molecule has 106 valence electrons. The van der Waals surface area contributed by atoms with Crippen LogP contribution < -0.4 is 5.32 Å². The maximum Gasteiger partial charge on any atom is 0.337 e. The Labute approximate surface area is 122 Å². The van der Waals surface area contributed by atoms with Crippen molar-refractivity contribution in [1.82, 2.24) is 4.98 Å². The molecule has 0 aliphatic heterocycles. The van der Waals surface area contributed by atoms with Crippen molar-refractivity contribution in [2.45, 2.75) is 26.2 Å². The largest absolute Gasteiger partial charge is 0.478 e. The summed E-state index contributed by atoms with van der Waals surface area (Å²) < 4.78 is 0. The molecule has 0 atom stereocenters. The van der Waals surface area contributed by atoms with E-state index in [1.165, 1.54) is 4.88 Å². The van der Waals surface area contributed by atoms with Gasteiger partial charge in [0, 0.05) is 16.8 Å². The second-order valence-corrected chi connectivity index (χ2v) is 6.30. The Morgan fingerprint density at radius 3 is 2.70 bits per heavy atom. The van der Waals surface area contributed by atoms with Crippen molar-refractivity contribution in [1.29, 1.82) is 0 Å². The van der Waals surface area contributed by atoms with Crippen LogP contribution in [0.1, 0.15) is 34.8 Å². The number of aryl methyl sites for hydroxylation is 1. The molecule has 0 unspecified atom stereocenters. The second-order valence-electron chi connectivity index (χ2n) is 5.35. The topological polar surface area (TPSA) is 62.2 Å². The van der Waals surface area contributed by atoms with Crippen LogP contribution in [-0.4, -0.2) is 22.6 Å². The molecule has 2 aromatic rings. The van der Waals surface area contributed by atoms with E-state index in [1.54, 1.807) is 30.4 Å². The smallest absolute Gasteiger partial charge is 0.337 e. The number of hydrogen-bond donors (Lipinski definition) is 2. The molecule has 0 aliphatic rings. The molecule has 0 saturated heterocycles. The first-order valence-electron chi connectivity index (χ1n) is 6.39. The van der Waals surface area contributed by atoms with E-state index >= 15 is 0 Å². The molecule has 0 radical (unpaired) electrons. The number of aromatic nitrogens is 1. The molecule has 0 aliphatic carbocycles. The summed E-state index contributed by atoms with van der Waals surface area (Å²) in [5.41, 5.74) is 0.777. The maximum atomic E-state index is 10.9. The number of hydrogen-bond acceptors (Lipinski definition) is 4. The van der Waals surface area contributed by atoms with Gasteiger partial charge in [0.2, 0.25) is 0 Å². The van der Waals surface area contributed by atoms with Crippen molar-refractivity contribution in [3.63, 3.8) is 0 Å². The number of rotatable bonds is 5. The molecule has 2 N–H and O–H groups in total. The summed E-state index contributed by atoms with van der Waals surface area (Å²) in [7, 11) is 0. The van der Waals surface area contributed by atoms with E-state index in [0.29, 0.717) is 11.5 Å². The molecule has 20 heavy (non-hydrogen) atoms. The van der Waals surface area contributed by atoms with Gasteiger partial charge in [0.15, 0.2) is 0 Å². The standard InChI is InChI=1S/C15H18N2O2S/c1-10-11(14(18)19)6-7-13(17-10)16-9-15(2,3)12-5-4-8-20-12/h4-8H,9H2,1-3H3,(H,16,17)(H,18,19). The van der Waals surface area contributed by atoms with Gasteiger partial charge in [0.05, 0.1) is 11.3 Å². The van der Waals surface area contributed by atoms with Crippen LogP contribution in [-0.2, 0) is 5.41 Å². The van der Waals surface area contributed by atoms with E-state index < -0.39 is 5.97 Å². The lowest BCUT2D eigenvalue weighted by Gasteiger charge is -2.24. The van der Waals surface area contributed by atoms with Gasteiger partial charge in [-0.05, 0) is 30.5 Å². The molecule has 0 aromatic carbocycles. The van der Waals surface area contributed by atoms with E-state index in [4.69, 9.17) is 5.11 Å². The van der Waals surface area contributed by atoms with Gasteiger partial charge in [-0.25, -0.2) is 9.78 Å². The number of carboxylic acid groups (broad SMARTS) is 1. The van der Waals surface area contributed by atoms with Crippen LogP contribution in [0.2, 0.25) is 0 Å². The molecule has 2 aromatic heterocycles. The van der Waals surface area contributed by atoms with Gasteiger partial charge >= 0.3 is 5.97 Å². The second kappa shape index (κ2) is 5.63. The van der Waals surface area contributed by atoms with Crippen LogP contribution >= 0.6 is 11.3 Å². The molecule has 0 amide bonds. The molecule has 5 heteroatoms. The third kappa shape index (κ3) is 3.17. The number of carbonyl (C=O) groups is 1. The number of anilines is 1. The van der Waals surface area contributed by atoms with Gasteiger partial charge in [0.25, 0.3) is 0 Å². The number of nitrogens with one attached hydrogen (secondary N) is 1. The van der Waals surface area contributed by atoms with Gasteiger partial charge < -0.3 is 10.4 Å². The summed E-state index contributed by atoms with van der Waals surface area (Å²) in [6.45, 7) is 6.79. The zero-order chi connectivity index (χ0) is 14.8. The molecular weight excluding hydrogens is 272 g/mol. The van der Waals surface area contributed by atoms with Crippen molar-refractivity contribution in [3.8, 4) is 0 Å². The predicted octanol–water partition coefficient (Wildman–Crippen LogP) is 3.54. The summed E-state index contributed by atoms with van der Waals surface area (Å²) in [6.07, 6.45) is 0. The first-order chi connectivity index (χ1) is 9.40. The Hall–Kier alpha value is -1.88. The minimum absolute atomic E-state index is 0.00915. The lowest BCUT2D eigenvalue weighted by Crippen LogP contribution is -2.27. The number of aromatic carboxylic acids is 1. The maximum absolute atomic E-state index is 10.9. The fraction of sp³-hybridized carbons (Fsp3) is 0.333. The summed E-state index contributed by atoms with van der Waals surface area (Å²) in [4.78, 5) is 16.5. The number of nitrogens with zero attached hydrogens (tertiary/aromatic N) is 1.